The van der Waals surface area contributed by atoms with Crippen LogP contribution < -0.4 is 5.73 Å². The number of hydrogen-bond donors (Lipinski definition) is 1. The highest BCUT2D eigenvalue weighted by Crippen LogP contribution is 2.26. The fraction of sp³-hybridized carbons (Fsp3) is 0.0769. The highest BCUT2D eigenvalue weighted by Gasteiger charge is 2.13. The van der Waals surface area contributed by atoms with Gasteiger partial charge in [0.25, 0.3) is 0 Å². The highest BCUT2D eigenvalue weighted by atomic mass is 79.9. The van der Waals surface area contributed by atoms with E-state index in [1.807, 2.05) is 0 Å². The number of benzene rings is 2. The van der Waals surface area contributed by atoms with Crippen molar-refractivity contribution in [1.82, 2.24) is 0 Å². The predicted molar refractivity (Wildman–Crippen MR) is 80.1 cm³/mol. The van der Waals surface area contributed by atoms with Crippen LogP contribution in [0.25, 0.3) is 0 Å². The largest absolute Gasteiger partial charge is 0.398 e. The molecule has 2 aromatic rings. The van der Waals surface area contributed by atoms with E-state index < -0.39 is 16.6 Å². The molecule has 0 aliphatic rings. The third kappa shape index (κ3) is 3.35. The number of anilines is 1. The summed E-state index contributed by atoms with van der Waals surface area (Å²) in [6.45, 7) is 0. The van der Waals surface area contributed by atoms with Crippen LogP contribution in [0.15, 0.2) is 45.8 Å². The van der Waals surface area contributed by atoms with Gasteiger partial charge in [-0.2, -0.15) is 0 Å². The van der Waals surface area contributed by atoms with E-state index in [9.17, 15) is 8.60 Å². The van der Waals surface area contributed by atoms with Crippen molar-refractivity contribution in [3.63, 3.8) is 0 Å². The molecule has 0 fully saturated rings. The SMILES string of the molecule is Nc1cc(Br)ccc1S(=O)Cc1cccc(F)c1Cl. The average molecular weight is 363 g/mol. The summed E-state index contributed by atoms with van der Waals surface area (Å²) in [5, 5.41) is 0.00605. The lowest BCUT2D eigenvalue weighted by Gasteiger charge is -2.08. The minimum atomic E-state index is -1.37. The molecular formula is C13H10BrClFNOS. The van der Waals surface area contributed by atoms with Gasteiger partial charge in [0, 0.05) is 10.2 Å². The van der Waals surface area contributed by atoms with E-state index in [4.69, 9.17) is 17.3 Å². The van der Waals surface area contributed by atoms with E-state index in [1.54, 1.807) is 30.3 Å². The van der Waals surface area contributed by atoms with Gasteiger partial charge in [0.2, 0.25) is 0 Å². The van der Waals surface area contributed by atoms with Crippen molar-refractivity contribution in [2.24, 2.45) is 0 Å². The number of nitrogens with two attached hydrogens (primary N) is 1. The molecule has 0 aliphatic heterocycles. The van der Waals surface area contributed by atoms with E-state index in [1.165, 1.54) is 6.07 Å². The van der Waals surface area contributed by atoms with Gasteiger partial charge in [-0.05, 0) is 29.8 Å². The summed E-state index contributed by atoms with van der Waals surface area (Å²) in [6.07, 6.45) is 0. The van der Waals surface area contributed by atoms with Crippen LogP contribution in [0.1, 0.15) is 5.56 Å². The van der Waals surface area contributed by atoms with Crippen LogP contribution in [0.4, 0.5) is 10.1 Å². The molecule has 2 aromatic carbocycles. The van der Waals surface area contributed by atoms with E-state index in [0.717, 1.165) is 4.47 Å². The monoisotopic (exact) mass is 361 g/mol. The third-order valence-corrected chi connectivity index (χ3v) is 4.89. The Labute approximate surface area is 126 Å². The number of hydrogen-bond acceptors (Lipinski definition) is 2. The Morgan fingerprint density at radius 3 is 2.74 bits per heavy atom. The summed E-state index contributed by atoms with van der Waals surface area (Å²) >= 11 is 9.13. The summed E-state index contributed by atoms with van der Waals surface area (Å²) in [5.41, 5.74) is 6.75. The second-order valence-corrected chi connectivity index (χ2v) is 6.60. The third-order valence-electron chi connectivity index (χ3n) is 2.54. The van der Waals surface area contributed by atoms with E-state index in [0.29, 0.717) is 16.1 Å². The van der Waals surface area contributed by atoms with Crippen LogP contribution >= 0.6 is 27.5 Å². The van der Waals surface area contributed by atoms with Gasteiger partial charge in [0.1, 0.15) is 5.82 Å². The molecule has 2 nitrogen and oxygen atoms in total. The van der Waals surface area contributed by atoms with E-state index in [2.05, 4.69) is 15.9 Å². The van der Waals surface area contributed by atoms with Crippen molar-refractivity contribution >= 4 is 44.0 Å². The molecule has 0 heterocycles. The summed E-state index contributed by atoms with van der Waals surface area (Å²) < 4.78 is 26.4. The zero-order chi connectivity index (χ0) is 14.0. The first kappa shape index (κ1) is 14.5. The molecule has 0 aromatic heterocycles. The standard InChI is InChI=1S/C13H10BrClFNOS/c14-9-4-5-12(11(17)6-9)19(18)7-8-2-1-3-10(16)13(8)15/h1-6H,7,17H2. The minimum absolute atomic E-state index is 0.00605. The van der Waals surface area contributed by atoms with Gasteiger partial charge in [0.15, 0.2) is 0 Å². The molecule has 0 amide bonds. The first-order chi connectivity index (χ1) is 8.99. The Morgan fingerprint density at radius 2 is 2.05 bits per heavy atom. The van der Waals surface area contributed by atoms with Crippen LogP contribution in [0, 0.1) is 5.82 Å². The quantitative estimate of drug-likeness (QED) is 0.834. The molecule has 2 N–H and O–H groups in total. The lowest BCUT2D eigenvalue weighted by molar-refractivity contribution is 0.626. The fourth-order valence-corrected chi connectivity index (χ4v) is 3.48. The van der Waals surface area contributed by atoms with Gasteiger partial charge in [-0.3, -0.25) is 4.21 Å². The number of nitrogen functional groups attached to an aromatic ring is 1. The first-order valence-electron chi connectivity index (χ1n) is 5.35. The van der Waals surface area contributed by atoms with Gasteiger partial charge >= 0.3 is 0 Å². The molecule has 0 saturated heterocycles. The molecule has 0 bridgehead atoms. The second kappa shape index (κ2) is 6.03. The summed E-state index contributed by atoms with van der Waals surface area (Å²) in [4.78, 5) is 0.517. The molecule has 0 radical (unpaired) electrons. The van der Waals surface area contributed by atoms with Crippen molar-refractivity contribution in [3.05, 3.63) is 57.3 Å². The second-order valence-electron chi connectivity index (χ2n) is 3.88. The molecule has 0 aliphatic carbocycles. The average Bonchev–Trinajstić information content (AvgIpc) is 2.34. The number of halogens is 3. The van der Waals surface area contributed by atoms with Crippen molar-refractivity contribution in [2.45, 2.75) is 10.6 Å². The Kier molecular flexibility index (Phi) is 4.60. The van der Waals surface area contributed by atoms with Crippen LogP contribution in [-0.4, -0.2) is 4.21 Å². The Morgan fingerprint density at radius 1 is 1.32 bits per heavy atom. The molecule has 1 unspecified atom stereocenters. The Bertz CT molecular complexity index is 651. The van der Waals surface area contributed by atoms with Crippen LogP contribution in [0.5, 0.6) is 0 Å². The van der Waals surface area contributed by atoms with Gasteiger partial charge in [-0.1, -0.05) is 39.7 Å². The smallest absolute Gasteiger partial charge is 0.142 e. The number of rotatable bonds is 3. The molecule has 100 valence electrons. The van der Waals surface area contributed by atoms with Crippen molar-refractivity contribution in [1.29, 1.82) is 0 Å². The van der Waals surface area contributed by atoms with Crippen molar-refractivity contribution in [3.8, 4) is 0 Å². The molecular weight excluding hydrogens is 353 g/mol. The van der Waals surface area contributed by atoms with Gasteiger partial charge < -0.3 is 5.73 Å². The topological polar surface area (TPSA) is 43.1 Å². The molecule has 6 heteroatoms. The summed E-state index contributed by atoms with van der Waals surface area (Å²) in [6, 6.07) is 9.58. The summed E-state index contributed by atoms with van der Waals surface area (Å²) in [7, 11) is -1.37. The predicted octanol–water partition coefficient (Wildman–Crippen LogP) is 4.13. The first-order valence-corrected chi connectivity index (χ1v) is 7.84. The molecule has 2 rings (SSSR count). The van der Waals surface area contributed by atoms with Crippen molar-refractivity contribution in [2.75, 3.05) is 5.73 Å². The molecule has 0 saturated carbocycles. The fourth-order valence-electron chi connectivity index (χ4n) is 1.61. The van der Waals surface area contributed by atoms with Gasteiger partial charge in [0.05, 0.1) is 26.5 Å². The maximum atomic E-state index is 13.3. The zero-order valence-corrected chi connectivity index (χ0v) is 12.9. The zero-order valence-electron chi connectivity index (χ0n) is 9.70. The van der Waals surface area contributed by atoms with Crippen LogP contribution in [0.3, 0.4) is 0 Å². The maximum absolute atomic E-state index is 13.3. The van der Waals surface area contributed by atoms with Crippen LogP contribution in [-0.2, 0) is 16.6 Å². The van der Waals surface area contributed by atoms with Crippen LogP contribution in [0.2, 0.25) is 5.02 Å². The normalized spacial score (nSPS) is 12.4. The van der Waals surface area contributed by atoms with Gasteiger partial charge in [-0.15, -0.1) is 0 Å². The lowest BCUT2D eigenvalue weighted by atomic mass is 10.2. The molecule has 0 spiro atoms. The minimum Gasteiger partial charge on any atom is -0.398 e. The Hall–Kier alpha value is -0.910. The van der Waals surface area contributed by atoms with E-state index >= 15 is 0 Å². The summed E-state index contributed by atoms with van der Waals surface area (Å²) in [5.74, 6) is -0.387. The van der Waals surface area contributed by atoms with E-state index in [-0.39, 0.29) is 10.8 Å². The highest BCUT2D eigenvalue weighted by molar-refractivity contribution is 9.10. The molecule has 1 atom stereocenters. The maximum Gasteiger partial charge on any atom is 0.142 e. The van der Waals surface area contributed by atoms with Gasteiger partial charge in [-0.25, -0.2) is 4.39 Å². The Balaban J connectivity index is 2.28. The lowest BCUT2D eigenvalue weighted by Crippen LogP contribution is -2.02. The van der Waals surface area contributed by atoms with Crippen molar-refractivity contribution < 1.29 is 8.60 Å². The molecule has 19 heavy (non-hydrogen) atoms.